The third-order valence-electron chi connectivity index (χ3n) is 10.9. The van der Waals surface area contributed by atoms with E-state index in [4.69, 9.17) is 7.85 Å². The highest BCUT2D eigenvalue weighted by Crippen LogP contribution is 2.63. The van der Waals surface area contributed by atoms with E-state index in [2.05, 4.69) is 193 Å². The molecule has 236 valence electrons. The van der Waals surface area contributed by atoms with Crippen LogP contribution in [0, 0.1) is 0 Å². The van der Waals surface area contributed by atoms with Crippen molar-refractivity contribution in [1.82, 2.24) is 0 Å². The fourth-order valence-corrected chi connectivity index (χ4v) is 8.73. The highest BCUT2D eigenvalue weighted by Gasteiger charge is 2.52. The Morgan fingerprint density at radius 3 is 1.63 bits per heavy atom. The van der Waals surface area contributed by atoms with E-state index < -0.39 is 5.41 Å². The van der Waals surface area contributed by atoms with E-state index in [1.54, 1.807) is 0 Å². The molecule has 1 nitrogen and oxygen atoms in total. The molecule has 0 saturated carbocycles. The predicted molar refractivity (Wildman–Crippen MR) is 214 cm³/mol. The minimum absolute atomic E-state index is 0.495. The lowest BCUT2D eigenvalue weighted by Crippen LogP contribution is -2.26. The Labute approximate surface area is 300 Å². The van der Waals surface area contributed by atoms with Crippen LogP contribution in [0.4, 0.5) is 17.1 Å². The van der Waals surface area contributed by atoms with Gasteiger partial charge in [-0.15, -0.1) is 0 Å². The number of hydrogen-bond donors (Lipinski definition) is 0. The summed E-state index contributed by atoms with van der Waals surface area (Å²) in [6.45, 7) is 0. The van der Waals surface area contributed by atoms with Gasteiger partial charge in [0.2, 0.25) is 0 Å². The molecule has 0 bridgehead atoms. The van der Waals surface area contributed by atoms with E-state index in [0.717, 1.165) is 28.1 Å². The largest absolute Gasteiger partial charge is 0.310 e. The van der Waals surface area contributed by atoms with Gasteiger partial charge in [-0.25, -0.2) is 0 Å². The third-order valence-corrected chi connectivity index (χ3v) is 10.9. The zero-order chi connectivity index (χ0) is 33.9. The molecule has 0 aromatic heterocycles. The minimum Gasteiger partial charge on any atom is -0.310 e. The van der Waals surface area contributed by atoms with Gasteiger partial charge in [-0.3, -0.25) is 0 Å². The van der Waals surface area contributed by atoms with Crippen molar-refractivity contribution in [2.24, 2.45) is 0 Å². The molecule has 2 aliphatic rings. The Morgan fingerprint density at radius 2 is 0.882 bits per heavy atom. The van der Waals surface area contributed by atoms with E-state index in [1.165, 1.54) is 61.2 Å². The molecule has 1 unspecified atom stereocenters. The summed E-state index contributed by atoms with van der Waals surface area (Å²) < 4.78 is 0. The van der Waals surface area contributed by atoms with Crippen LogP contribution in [0.15, 0.2) is 194 Å². The molecular formula is C49H32BN. The third kappa shape index (κ3) is 4.36. The standard InChI is InChI=1S/C49H32BN/c50-46-24-13-23-44-48(46)41-20-8-11-22-43(41)49(44)42-21-10-7-19-39(42)40-31-30-37(32-45(40)49)51(36-28-26-34(27-29-36)33-14-3-1-4-15-33)47-25-12-9-18-38(47)35-16-5-2-6-17-35/h1-32H. The first kappa shape index (κ1) is 29.5. The van der Waals surface area contributed by atoms with Crippen LogP contribution in [-0.4, -0.2) is 7.85 Å². The van der Waals surface area contributed by atoms with Crippen molar-refractivity contribution >= 4 is 30.4 Å². The van der Waals surface area contributed by atoms with Gasteiger partial charge in [-0.2, -0.15) is 0 Å². The van der Waals surface area contributed by atoms with Crippen molar-refractivity contribution in [3.63, 3.8) is 0 Å². The van der Waals surface area contributed by atoms with Crippen LogP contribution >= 0.6 is 0 Å². The van der Waals surface area contributed by atoms with Crippen molar-refractivity contribution < 1.29 is 0 Å². The van der Waals surface area contributed by atoms with Crippen molar-refractivity contribution in [3.05, 3.63) is 216 Å². The van der Waals surface area contributed by atoms with Crippen LogP contribution in [0.2, 0.25) is 0 Å². The molecule has 8 aromatic carbocycles. The minimum atomic E-state index is -0.495. The average molecular weight is 646 g/mol. The molecule has 0 heterocycles. The average Bonchev–Trinajstić information content (AvgIpc) is 3.67. The first-order valence-corrected chi connectivity index (χ1v) is 17.6. The molecule has 1 atom stereocenters. The quantitative estimate of drug-likeness (QED) is 0.168. The lowest BCUT2D eigenvalue weighted by molar-refractivity contribution is 0.794. The Kier molecular flexibility index (Phi) is 6.72. The second-order valence-corrected chi connectivity index (χ2v) is 13.5. The number of fused-ring (bicyclic) bond motifs is 10. The van der Waals surface area contributed by atoms with Crippen molar-refractivity contribution in [1.29, 1.82) is 0 Å². The molecule has 2 radical (unpaired) electrons. The number of hydrogen-bond acceptors (Lipinski definition) is 1. The van der Waals surface area contributed by atoms with Gasteiger partial charge in [-0.05, 0) is 91.5 Å². The van der Waals surface area contributed by atoms with Gasteiger partial charge >= 0.3 is 0 Å². The normalized spacial score (nSPS) is 14.8. The molecule has 0 saturated heterocycles. The van der Waals surface area contributed by atoms with Crippen molar-refractivity contribution in [3.8, 4) is 44.5 Å². The highest BCUT2D eigenvalue weighted by molar-refractivity contribution is 6.36. The maximum Gasteiger partial charge on any atom is 0.114 e. The summed E-state index contributed by atoms with van der Waals surface area (Å²) in [5, 5.41) is 0. The van der Waals surface area contributed by atoms with E-state index in [9.17, 15) is 0 Å². The Morgan fingerprint density at radius 1 is 0.353 bits per heavy atom. The molecule has 0 fully saturated rings. The molecule has 0 amide bonds. The SMILES string of the molecule is [B]c1cccc2c1-c1ccccc1C21c2ccccc2-c2ccc(N(c3ccc(-c4ccccc4)cc3)c3ccccc3-c3ccccc3)cc21. The zero-order valence-electron chi connectivity index (χ0n) is 28.0. The van der Waals surface area contributed by atoms with Gasteiger partial charge in [-0.1, -0.05) is 169 Å². The second-order valence-electron chi connectivity index (χ2n) is 13.5. The Hall–Kier alpha value is -6.38. The number of nitrogens with zero attached hydrogens (tertiary/aromatic N) is 1. The molecular weight excluding hydrogens is 613 g/mol. The van der Waals surface area contributed by atoms with E-state index in [-0.39, 0.29) is 0 Å². The number of anilines is 3. The first-order valence-electron chi connectivity index (χ1n) is 17.6. The topological polar surface area (TPSA) is 3.24 Å². The zero-order valence-corrected chi connectivity index (χ0v) is 28.0. The molecule has 2 aliphatic carbocycles. The van der Waals surface area contributed by atoms with Gasteiger partial charge in [0.15, 0.2) is 0 Å². The van der Waals surface area contributed by atoms with Gasteiger partial charge in [0.25, 0.3) is 0 Å². The van der Waals surface area contributed by atoms with Gasteiger partial charge in [0, 0.05) is 16.9 Å². The number of rotatable bonds is 5. The van der Waals surface area contributed by atoms with E-state index in [0.29, 0.717) is 0 Å². The van der Waals surface area contributed by atoms with Crippen molar-refractivity contribution in [2.75, 3.05) is 4.90 Å². The fourth-order valence-electron chi connectivity index (χ4n) is 8.73. The van der Waals surface area contributed by atoms with Crippen LogP contribution in [0.1, 0.15) is 22.3 Å². The monoisotopic (exact) mass is 645 g/mol. The lowest BCUT2D eigenvalue weighted by Gasteiger charge is -2.33. The maximum absolute atomic E-state index is 6.83. The van der Waals surface area contributed by atoms with Crippen LogP contribution in [0.25, 0.3) is 44.5 Å². The first-order chi connectivity index (χ1) is 25.2. The van der Waals surface area contributed by atoms with E-state index in [1.807, 2.05) is 6.07 Å². The molecule has 51 heavy (non-hydrogen) atoms. The smallest absolute Gasteiger partial charge is 0.114 e. The summed E-state index contributed by atoms with van der Waals surface area (Å²) in [5.74, 6) is 0. The Balaban J connectivity index is 1.24. The maximum atomic E-state index is 6.83. The van der Waals surface area contributed by atoms with E-state index >= 15 is 0 Å². The Bertz CT molecular complexity index is 2590. The van der Waals surface area contributed by atoms with Crippen LogP contribution in [0.5, 0.6) is 0 Å². The molecule has 2 heteroatoms. The van der Waals surface area contributed by atoms with Crippen molar-refractivity contribution in [2.45, 2.75) is 5.41 Å². The van der Waals surface area contributed by atoms with Gasteiger partial charge < -0.3 is 4.90 Å². The number of benzene rings is 8. The van der Waals surface area contributed by atoms with Gasteiger partial charge in [0.05, 0.1) is 11.1 Å². The summed E-state index contributed by atoms with van der Waals surface area (Å²) >= 11 is 0. The summed E-state index contributed by atoms with van der Waals surface area (Å²) in [6, 6.07) is 70.3. The summed E-state index contributed by atoms with van der Waals surface area (Å²) in [6.07, 6.45) is 0. The van der Waals surface area contributed by atoms with Crippen LogP contribution in [0.3, 0.4) is 0 Å². The summed E-state index contributed by atoms with van der Waals surface area (Å²) in [7, 11) is 6.83. The lowest BCUT2D eigenvalue weighted by atomic mass is 9.70. The van der Waals surface area contributed by atoms with Crippen LogP contribution in [-0.2, 0) is 5.41 Å². The molecule has 1 spiro atoms. The second kappa shape index (κ2) is 11.6. The predicted octanol–water partition coefficient (Wildman–Crippen LogP) is 11.6. The van der Waals surface area contributed by atoms with Gasteiger partial charge in [0.1, 0.15) is 7.85 Å². The number of para-hydroxylation sites is 1. The molecule has 8 aromatic rings. The molecule has 10 rings (SSSR count). The summed E-state index contributed by atoms with van der Waals surface area (Å²) in [5.41, 5.74) is 18.4. The summed E-state index contributed by atoms with van der Waals surface area (Å²) in [4.78, 5) is 2.43. The highest BCUT2D eigenvalue weighted by atomic mass is 15.1. The fraction of sp³-hybridized carbons (Fsp3) is 0.0204. The molecule has 0 aliphatic heterocycles. The molecule has 0 N–H and O–H groups in total. The van der Waals surface area contributed by atoms with Crippen LogP contribution < -0.4 is 10.4 Å².